The van der Waals surface area contributed by atoms with E-state index in [2.05, 4.69) is 5.10 Å². The predicted octanol–water partition coefficient (Wildman–Crippen LogP) is 0.921. The summed E-state index contributed by atoms with van der Waals surface area (Å²) in [5.41, 5.74) is -2.16. The van der Waals surface area contributed by atoms with Gasteiger partial charge in [-0.1, -0.05) is 18.2 Å². The van der Waals surface area contributed by atoms with Gasteiger partial charge in [0.05, 0.1) is 29.7 Å². The maximum atomic E-state index is 12.6. The van der Waals surface area contributed by atoms with Gasteiger partial charge < -0.3 is 18.6 Å². The number of ether oxygens (including phenoxy) is 2. The van der Waals surface area contributed by atoms with Crippen molar-refractivity contribution in [3.05, 3.63) is 59.8 Å². The second-order valence-electron chi connectivity index (χ2n) is 6.37. The number of carbonyl (C=O) groups is 2. The summed E-state index contributed by atoms with van der Waals surface area (Å²) in [4.78, 5) is 23.4. The van der Waals surface area contributed by atoms with Crippen LogP contribution in [-0.2, 0) is 29.7 Å². The fourth-order valence-electron chi connectivity index (χ4n) is 3.01. The molecule has 0 amide bonds. The lowest BCUT2D eigenvalue weighted by Crippen LogP contribution is -2.15. The van der Waals surface area contributed by atoms with Crippen molar-refractivity contribution in [3.63, 3.8) is 0 Å². The predicted molar refractivity (Wildman–Crippen MR) is 108 cm³/mol. The summed E-state index contributed by atoms with van der Waals surface area (Å²) in [6.07, 6.45) is 0. The monoisotopic (exact) mass is 494 g/mol. The summed E-state index contributed by atoms with van der Waals surface area (Å²) in [5, 5.41) is 4.10. The smallest absolute Gasteiger partial charge is 0.357 e. The Morgan fingerprint density at radius 2 is 1.48 bits per heavy atom. The summed E-state index contributed by atoms with van der Waals surface area (Å²) < 4.78 is 80.5. The van der Waals surface area contributed by atoms with Crippen LogP contribution in [0.2, 0.25) is 0 Å². The fraction of sp³-hybridized carbons (Fsp3) is 0.105. The molecule has 0 unspecified atom stereocenters. The number of carbonyl (C=O) groups excluding carboxylic acids is 2. The second kappa shape index (κ2) is 8.74. The summed E-state index contributed by atoms with van der Waals surface area (Å²) in [6.45, 7) is 0. The largest absolute Gasteiger partial charge is 0.744 e. The van der Waals surface area contributed by atoms with Crippen LogP contribution in [0.1, 0.15) is 20.8 Å². The third-order valence-electron chi connectivity index (χ3n) is 4.42. The Kier molecular flexibility index (Phi) is 6.37. The van der Waals surface area contributed by atoms with Crippen LogP contribution in [-0.4, -0.2) is 61.9 Å². The highest BCUT2D eigenvalue weighted by Crippen LogP contribution is 2.34. The molecule has 0 aliphatic rings. The molecule has 2 aromatic carbocycles. The topological polar surface area (TPSA) is 185 Å². The minimum absolute atomic E-state index is 0.230. The van der Waals surface area contributed by atoms with E-state index in [0.717, 1.165) is 18.9 Å². The highest BCUT2D eigenvalue weighted by Gasteiger charge is 2.33. The van der Waals surface area contributed by atoms with E-state index in [-0.39, 0.29) is 5.69 Å². The lowest BCUT2D eigenvalue weighted by Gasteiger charge is -2.15. The van der Waals surface area contributed by atoms with Crippen molar-refractivity contribution < 1.29 is 45.0 Å². The summed E-state index contributed by atoms with van der Waals surface area (Å²) >= 11 is 0. The minimum atomic E-state index is -5.25. The first-order valence-electron chi connectivity index (χ1n) is 8.81. The van der Waals surface area contributed by atoms with E-state index in [4.69, 9.17) is 9.47 Å². The van der Waals surface area contributed by atoms with Gasteiger partial charge in [-0.05, 0) is 30.3 Å². The number of nitrogens with zero attached hydrogens (tertiary/aromatic N) is 2. The SMILES string of the molecule is COC(=O)c1c(-c2cc(S(=O)(=O)[O-])ccc2S(=O)(=O)[O-])nn(-c2ccccc2)c1C(=O)OC. The molecule has 3 rings (SSSR count). The molecule has 0 saturated carbocycles. The van der Waals surface area contributed by atoms with Gasteiger partial charge >= 0.3 is 11.9 Å². The van der Waals surface area contributed by atoms with Crippen LogP contribution in [0.15, 0.2) is 58.3 Å². The quantitative estimate of drug-likeness (QED) is 0.350. The number of aromatic nitrogens is 2. The second-order valence-corrected chi connectivity index (χ2v) is 9.10. The summed E-state index contributed by atoms with van der Waals surface area (Å²) in [6, 6.07) is 9.60. The molecular formula is C19H14N2O10S2-2. The molecule has 0 atom stereocenters. The third-order valence-corrected chi connectivity index (χ3v) is 6.14. The van der Waals surface area contributed by atoms with Crippen molar-refractivity contribution in [2.45, 2.75) is 9.79 Å². The van der Waals surface area contributed by atoms with Crippen LogP contribution in [0.4, 0.5) is 0 Å². The molecule has 0 spiro atoms. The molecule has 1 aromatic heterocycles. The van der Waals surface area contributed by atoms with Crippen LogP contribution >= 0.6 is 0 Å². The van der Waals surface area contributed by atoms with Crippen LogP contribution in [0.5, 0.6) is 0 Å². The number of methoxy groups -OCH3 is 2. The minimum Gasteiger partial charge on any atom is -0.744 e. The summed E-state index contributed by atoms with van der Waals surface area (Å²) in [7, 11) is -8.36. The number of benzene rings is 2. The zero-order valence-corrected chi connectivity index (χ0v) is 18.5. The van der Waals surface area contributed by atoms with E-state index < -0.39 is 64.5 Å². The number of para-hydroxylation sites is 1. The van der Waals surface area contributed by atoms with E-state index >= 15 is 0 Å². The van der Waals surface area contributed by atoms with Gasteiger partial charge in [-0.2, -0.15) is 5.10 Å². The molecule has 1 heterocycles. The number of hydrogen-bond donors (Lipinski definition) is 0. The van der Waals surface area contributed by atoms with Gasteiger partial charge in [0.2, 0.25) is 0 Å². The van der Waals surface area contributed by atoms with Crippen LogP contribution < -0.4 is 0 Å². The molecule has 3 aromatic rings. The maximum Gasteiger partial charge on any atom is 0.357 e. The standard InChI is InChI=1S/C19H16N2O10S2/c1-30-18(22)15-16(13-10-12(32(24,25)26)8-9-14(13)33(27,28)29)20-21(17(15)19(23)31-2)11-6-4-3-5-7-11/h3-10H,1-2H3,(H,24,25,26)(H,27,28,29)/p-2. The highest BCUT2D eigenvalue weighted by molar-refractivity contribution is 7.86. The molecule has 0 aliphatic heterocycles. The van der Waals surface area contributed by atoms with Crippen LogP contribution in [0.25, 0.3) is 16.9 Å². The third kappa shape index (κ3) is 4.63. The Labute approximate surface area is 187 Å². The van der Waals surface area contributed by atoms with Gasteiger partial charge in [0.25, 0.3) is 0 Å². The summed E-state index contributed by atoms with van der Waals surface area (Å²) in [5.74, 6) is -2.24. The number of hydrogen-bond acceptors (Lipinski definition) is 11. The lowest BCUT2D eigenvalue weighted by molar-refractivity contribution is 0.0549. The highest BCUT2D eigenvalue weighted by atomic mass is 32.2. The zero-order chi connectivity index (χ0) is 24.6. The molecule has 0 fully saturated rings. The van der Waals surface area contributed by atoms with Crippen molar-refractivity contribution in [1.82, 2.24) is 9.78 Å². The van der Waals surface area contributed by atoms with Crippen LogP contribution in [0, 0.1) is 0 Å². The molecule has 0 N–H and O–H groups in total. The Morgan fingerprint density at radius 3 is 2.00 bits per heavy atom. The van der Waals surface area contributed by atoms with Gasteiger partial charge in [-0.25, -0.2) is 31.1 Å². The average molecular weight is 494 g/mol. The Hall–Kier alpha value is -3.59. The first kappa shape index (κ1) is 24.1. The van der Waals surface area contributed by atoms with E-state index in [0.29, 0.717) is 18.2 Å². The van der Waals surface area contributed by atoms with E-state index in [1.165, 1.54) is 12.1 Å². The van der Waals surface area contributed by atoms with Gasteiger partial charge in [0.15, 0.2) is 5.69 Å². The molecule has 0 radical (unpaired) electrons. The Balaban J connectivity index is 2.54. The fourth-order valence-corrected chi connectivity index (χ4v) is 4.17. The van der Waals surface area contributed by atoms with Crippen LogP contribution in [0.3, 0.4) is 0 Å². The van der Waals surface area contributed by atoms with E-state index in [1.807, 2.05) is 0 Å². The molecule has 33 heavy (non-hydrogen) atoms. The molecule has 0 aliphatic carbocycles. The number of esters is 2. The molecule has 0 bridgehead atoms. The van der Waals surface area contributed by atoms with Crippen molar-refractivity contribution in [2.75, 3.05) is 14.2 Å². The number of rotatable bonds is 6. The zero-order valence-electron chi connectivity index (χ0n) is 16.9. The molecule has 0 saturated heterocycles. The molecule has 14 heteroatoms. The van der Waals surface area contributed by atoms with Crippen molar-refractivity contribution in [2.24, 2.45) is 0 Å². The molecular weight excluding hydrogens is 480 g/mol. The van der Waals surface area contributed by atoms with Gasteiger partial charge in [0.1, 0.15) is 31.5 Å². The Morgan fingerprint density at radius 1 is 0.879 bits per heavy atom. The Bertz CT molecular complexity index is 1460. The maximum absolute atomic E-state index is 12.6. The molecule has 174 valence electrons. The average Bonchev–Trinajstić information content (AvgIpc) is 3.17. The first-order valence-corrected chi connectivity index (χ1v) is 11.6. The van der Waals surface area contributed by atoms with Gasteiger partial charge in [0, 0.05) is 5.56 Å². The van der Waals surface area contributed by atoms with E-state index in [1.54, 1.807) is 18.2 Å². The van der Waals surface area contributed by atoms with Crippen molar-refractivity contribution in [1.29, 1.82) is 0 Å². The normalized spacial score (nSPS) is 11.8. The molecule has 12 nitrogen and oxygen atoms in total. The van der Waals surface area contributed by atoms with E-state index in [9.17, 15) is 35.5 Å². The van der Waals surface area contributed by atoms with Gasteiger partial charge in [-0.15, -0.1) is 0 Å². The lowest BCUT2D eigenvalue weighted by atomic mass is 10.1. The van der Waals surface area contributed by atoms with Gasteiger partial charge in [-0.3, -0.25) is 0 Å². The van der Waals surface area contributed by atoms with Crippen molar-refractivity contribution >= 4 is 32.2 Å². The first-order chi connectivity index (χ1) is 15.4. The van der Waals surface area contributed by atoms with Crippen molar-refractivity contribution in [3.8, 4) is 16.9 Å².